The number of unbranched alkanes of at least 4 members (excludes halogenated alkanes) is 18. The third-order valence-corrected chi connectivity index (χ3v) is 9.53. The normalized spacial score (nSPS) is 12.0. The number of hydrogen-bond acceptors (Lipinski definition) is 4. The molecule has 240 valence electrons. The lowest BCUT2D eigenvalue weighted by Gasteiger charge is -2.04. The van der Waals surface area contributed by atoms with Gasteiger partial charge in [0, 0.05) is 45.4 Å². The first kappa shape index (κ1) is 33.9. The molecule has 0 saturated heterocycles. The van der Waals surface area contributed by atoms with Gasteiger partial charge in [-0.05, 0) is 37.1 Å². The lowest BCUT2D eigenvalue weighted by atomic mass is 10.00. The summed E-state index contributed by atoms with van der Waals surface area (Å²) in [5.41, 5.74) is -1.45. The fourth-order valence-electron chi connectivity index (χ4n) is 6.90. The van der Waals surface area contributed by atoms with Crippen molar-refractivity contribution in [2.75, 3.05) is 0 Å². The van der Waals surface area contributed by atoms with E-state index in [0.29, 0.717) is 45.4 Å². The molecule has 0 aliphatic carbocycles. The van der Waals surface area contributed by atoms with Crippen molar-refractivity contribution >= 4 is 32.3 Å². The van der Waals surface area contributed by atoms with Gasteiger partial charge in [-0.15, -0.1) is 0 Å². The van der Waals surface area contributed by atoms with Gasteiger partial charge in [-0.2, -0.15) is 0 Å². The molecule has 2 aromatic carbocycles. The van der Waals surface area contributed by atoms with Gasteiger partial charge in [-0.1, -0.05) is 129 Å². The van der Waals surface area contributed by atoms with Crippen LogP contribution in [0, 0.1) is 0 Å². The van der Waals surface area contributed by atoms with Gasteiger partial charge in [0.25, 0.3) is 22.2 Å². The molecular weight excluding hydrogens is 548 g/mol. The molecule has 44 heavy (non-hydrogen) atoms. The van der Waals surface area contributed by atoms with Gasteiger partial charge in [-0.3, -0.25) is 28.3 Å². The molecule has 6 aromatic rings. The van der Waals surface area contributed by atoms with Crippen molar-refractivity contribution in [2.24, 2.45) is 0 Å². The maximum absolute atomic E-state index is 13.7. The number of nitrogens with zero attached hydrogens (tertiary/aromatic N) is 2. The van der Waals surface area contributed by atoms with Gasteiger partial charge in [0.1, 0.15) is 0 Å². The summed E-state index contributed by atoms with van der Waals surface area (Å²) in [6, 6.07) is 6.66. The highest BCUT2D eigenvalue weighted by Crippen LogP contribution is 2.28. The molecule has 4 aromatic heterocycles. The number of hydrogen-bond donors (Lipinski definition) is 0. The van der Waals surface area contributed by atoms with Crippen LogP contribution in [0.4, 0.5) is 0 Å². The fraction of sp³-hybridized carbons (Fsp3) is 0.632. The second-order valence-corrected chi connectivity index (χ2v) is 13.0. The van der Waals surface area contributed by atoms with Crippen LogP contribution >= 0.6 is 0 Å². The Morgan fingerprint density at radius 2 is 0.591 bits per heavy atom. The summed E-state index contributed by atoms with van der Waals surface area (Å²) in [7, 11) is 0. The highest BCUT2D eigenvalue weighted by atomic mass is 16.2. The van der Waals surface area contributed by atoms with Crippen molar-refractivity contribution in [2.45, 2.75) is 155 Å². The molecule has 0 atom stereocenters. The van der Waals surface area contributed by atoms with Gasteiger partial charge in [0.05, 0.1) is 0 Å². The molecule has 4 bridgehead atoms. The number of benzene rings is 2. The molecule has 0 radical (unpaired) electrons. The lowest BCUT2D eigenvalue weighted by Crippen LogP contribution is -2.30. The van der Waals surface area contributed by atoms with Crippen LogP contribution in [0.5, 0.6) is 0 Å². The smallest absolute Gasteiger partial charge is 0.261 e. The van der Waals surface area contributed by atoms with Gasteiger partial charge in [0.2, 0.25) is 0 Å². The Morgan fingerprint density at radius 1 is 0.364 bits per heavy atom. The largest absolute Gasteiger partial charge is 0.274 e. The van der Waals surface area contributed by atoms with E-state index in [9.17, 15) is 19.2 Å². The second kappa shape index (κ2) is 17.5. The van der Waals surface area contributed by atoms with E-state index in [1.54, 1.807) is 24.3 Å². The van der Waals surface area contributed by atoms with Crippen molar-refractivity contribution in [1.29, 1.82) is 0 Å². The van der Waals surface area contributed by atoms with Crippen molar-refractivity contribution in [3.05, 3.63) is 65.7 Å². The Morgan fingerprint density at radius 3 is 0.841 bits per heavy atom. The van der Waals surface area contributed by atoms with Crippen LogP contribution in [0.25, 0.3) is 32.3 Å². The van der Waals surface area contributed by atoms with E-state index in [0.717, 1.165) is 38.5 Å². The summed E-state index contributed by atoms with van der Waals surface area (Å²) < 4.78 is 2.67. The van der Waals surface area contributed by atoms with E-state index < -0.39 is 0 Å². The molecule has 0 N–H and O–H groups in total. The number of aromatic nitrogens is 2. The third-order valence-electron chi connectivity index (χ3n) is 9.53. The van der Waals surface area contributed by atoms with Crippen molar-refractivity contribution in [1.82, 2.24) is 9.13 Å². The predicted molar refractivity (Wildman–Crippen MR) is 186 cm³/mol. The van der Waals surface area contributed by atoms with Crippen molar-refractivity contribution in [3.8, 4) is 0 Å². The number of rotatable bonds is 22. The molecule has 6 nitrogen and oxygen atoms in total. The molecule has 0 aliphatic rings. The zero-order chi connectivity index (χ0) is 31.3. The van der Waals surface area contributed by atoms with Crippen LogP contribution in [0.15, 0.2) is 43.4 Å². The standard InChI is InChI=1S/C38H54N2O4/c1-3-5-7-9-11-13-15-17-19-21-27-39-35(41)29-23-24-30(36(39)42)34-32-26-25-31(33(29)34)37(43)40(38(32)44)28-22-20-18-16-14-12-10-8-6-4-2/h23-26H,3-22,27-28H2,1-2H3. The van der Waals surface area contributed by atoms with Gasteiger partial charge in [0.15, 0.2) is 0 Å². The molecule has 0 amide bonds. The molecular formula is C38H54N2O4. The first-order valence-electron chi connectivity index (χ1n) is 17.8. The molecule has 4 heterocycles. The zero-order valence-corrected chi connectivity index (χ0v) is 27.4. The highest BCUT2D eigenvalue weighted by Gasteiger charge is 2.20. The van der Waals surface area contributed by atoms with E-state index in [-0.39, 0.29) is 22.2 Å². The average molecular weight is 603 g/mol. The molecule has 0 aliphatic heterocycles. The summed E-state index contributed by atoms with van der Waals surface area (Å²) in [6.07, 6.45) is 23.5. The van der Waals surface area contributed by atoms with E-state index in [1.807, 2.05) is 0 Å². The lowest BCUT2D eigenvalue weighted by molar-refractivity contribution is 0.528. The predicted octanol–water partition coefficient (Wildman–Crippen LogP) is 8.91. The Kier molecular flexibility index (Phi) is 13.4. The van der Waals surface area contributed by atoms with Crippen LogP contribution in [-0.2, 0) is 13.1 Å². The highest BCUT2D eigenvalue weighted by molar-refractivity contribution is 6.22. The van der Waals surface area contributed by atoms with Crippen LogP contribution in [0.3, 0.4) is 0 Å². The Labute approximate surface area is 262 Å². The summed E-state index contributed by atoms with van der Waals surface area (Å²) >= 11 is 0. The summed E-state index contributed by atoms with van der Waals surface area (Å²) in [5.74, 6) is 0. The monoisotopic (exact) mass is 602 g/mol. The van der Waals surface area contributed by atoms with Crippen LogP contribution in [0.1, 0.15) is 142 Å². The molecule has 0 unspecified atom stereocenters. The zero-order valence-electron chi connectivity index (χ0n) is 27.4. The minimum Gasteiger partial charge on any atom is -0.274 e. The Balaban J connectivity index is 1.47. The van der Waals surface area contributed by atoms with Gasteiger partial charge < -0.3 is 0 Å². The summed E-state index contributed by atoms with van der Waals surface area (Å²) in [5, 5.41) is 2.32. The van der Waals surface area contributed by atoms with Crippen LogP contribution in [-0.4, -0.2) is 9.13 Å². The maximum Gasteiger partial charge on any atom is 0.261 e. The van der Waals surface area contributed by atoms with Gasteiger partial charge >= 0.3 is 0 Å². The van der Waals surface area contributed by atoms with Gasteiger partial charge in [-0.25, -0.2) is 0 Å². The average Bonchev–Trinajstić information content (AvgIpc) is 3.31. The van der Waals surface area contributed by atoms with E-state index in [4.69, 9.17) is 0 Å². The molecule has 6 rings (SSSR count). The quantitative estimate of drug-likeness (QED) is 0.0842. The van der Waals surface area contributed by atoms with E-state index in [2.05, 4.69) is 13.8 Å². The second-order valence-electron chi connectivity index (χ2n) is 13.0. The minimum absolute atomic E-state index is 0.348. The van der Waals surface area contributed by atoms with Crippen LogP contribution in [0.2, 0.25) is 0 Å². The van der Waals surface area contributed by atoms with E-state index >= 15 is 0 Å². The van der Waals surface area contributed by atoms with Crippen LogP contribution < -0.4 is 22.2 Å². The maximum atomic E-state index is 13.7. The Hall–Kier alpha value is -3.02. The molecule has 6 heteroatoms. The first-order chi connectivity index (χ1) is 21.5. The fourth-order valence-corrected chi connectivity index (χ4v) is 6.90. The Bertz CT molecular complexity index is 1470. The van der Waals surface area contributed by atoms with Crippen molar-refractivity contribution < 1.29 is 0 Å². The molecule has 0 fully saturated rings. The summed E-state index contributed by atoms with van der Waals surface area (Å²) in [4.78, 5) is 54.8. The topological polar surface area (TPSA) is 78.1 Å². The summed E-state index contributed by atoms with van der Waals surface area (Å²) in [6.45, 7) is 5.18. The van der Waals surface area contributed by atoms with Crippen molar-refractivity contribution in [3.63, 3.8) is 0 Å². The SMILES string of the molecule is CCCCCCCCCCCCn1c(=O)c2ccc(c1=O)c1c3ccc(c(=O)n(CCCCCCCCCCCC)c3=O)c21. The molecule has 0 saturated carbocycles. The third kappa shape index (κ3) is 8.17. The molecule has 0 spiro atoms. The first-order valence-corrected chi connectivity index (χ1v) is 17.8. The number of fused-ring (bicyclic) bond motifs is 6. The van der Waals surface area contributed by atoms with E-state index in [1.165, 1.54) is 99.0 Å². The minimum atomic E-state index is -0.363.